The van der Waals surface area contributed by atoms with Gasteiger partial charge in [0.1, 0.15) is 0 Å². The van der Waals surface area contributed by atoms with E-state index in [0.717, 1.165) is 0 Å². The first-order valence-electron chi connectivity index (χ1n) is 5.58. The number of hydrogen-bond acceptors (Lipinski definition) is 1. The minimum Gasteiger partial charge on any atom is -0.237 e. The van der Waals surface area contributed by atoms with Crippen molar-refractivity contribution in [1.82, 2.24) is 9.61 Å². The Balaban J connectivity index is 2.64. The zero-order valence-corrected chi connectivity index (χ0v) is 9.86. The maximum atomic E-state index is 4.65. The molecule has 0 fully saturated rings. The fourth-order valence-corrected chi connectivity index (χ4v) is 1.78. The summed E-state index contributed by atoms with van der Waals surface area (Å²) in [5.74, 6) is 0.999. The van der Waals surface area contributed by atoms with Crippen LogP contribution in [0.15, 0.2) is 24.3 Å². The molecule has 0 aliphatic rings. The van der Waals surface area contributed by atoms with E-state index in [1.807, 2.05) is 0 Å². The van der Waals surface area contributed by atoms with Crippen molar-refractivity contribution in [3.8, 4) is 0 Å². The summed E-state index contributed by atoms with van der Waals surface area (Å²) < 4.78 is 2.07. The molecule has 0 atom stereocenters. The molecule has 80 valence electrons. The molecule has 2 rings (SSSR count). The quantitative estimate of drug-likeness (QED) is 0.727. The van der Waals surface area contributed by atoms with Crippen LogP contribution in [-0.4, -0.2) is 9.61 Å². The molecule has 2 heterocycles. The van der Waals surface area contributed by atoms with Gasteiger partial charge in [-0.3, -0.25) is 0 Å². The lowest BCUT2D eigenvalue weighted by Crippen LogP contribution is -2.00. The molecule has 0 bridgehead atoms. The highest BCUT2D eigenvalue weighted by Crippen LogP contribution is 2.20. The Labute approximate surface area is 90.9 Å². The van der Waals surface area contributed by atoms with E-state index < -0.39 is 0 Å². The lowest BCUT2D eigenvalue weighted by Gasteiger charge is -2.07. The zero-order valence-electron chi connectivity index (χ0n) is 9.86. The summed E-state index contributed by atoms with van der Waals surface area (Å²) in [6.07, 6.45) is 0. The van der Waals surface area contributed by atoms with E-state index in [-0.39, 0.29) is 0 Å². The Morgan fingerprint density at radius 3 is 2.40 bits per heavy atom. The molecule has 15 heavy (non-hydrogen) atoms. The Morgan fingerprint density at radius 2 is 1.80 bits per heavy atom. The van der Waals surface area contributed by atoms with Crippen molar-refractivity contribution in [2.45, 2.75) is 39.5 Å². The molecule has 0 aliphatic heterocycles. The maximum absolute atomic E-state index is 4.65. The average Bonchev–Trinajstić information content (AvgIpc) is 2.60. The number of nitrogens with zero attached hydrogens (tertiary/aromatic N) is 2. The second-order valence-corrected chi connectivity index (χ2v) is 4.67. The van der Waals surface area contributed by atoms with Crippen LogP contribution in [0.5, 0.6) is 0 Å². The van der Waals surface area contributed by atoms with Crippen molar-refractivity contribution in [1.29, 1.82) is 0 Å². The third-order valence-electron chi connectivity index (χ3n) is 2.72. The molecule has 2 nitrogen and oxygen atoms in total. The monoisotopic (exact) mass is 202 g/mol. The molecule has 0 aromatic carbocycles. The van der Waals surface area contributed by atoms with Gasteiger partial charge in [0, 0.05) is 5.69 Å². The van der Waals surface area contributed by atoms with Gasteiger partial charge in [0.15, 0.2) is 0 Å². The smallest absolute Gasteiger partial charge is 0.0667 e. The molecule has 0 N–H and O–H groups in total. The van der Waals surface area contributed by atoms with Gasteiger partial charge >= 0.3 is 0 Å². The van der Waals surface area contributed by atoms with Crippen LogP contribution < -0.4 is 0 Å². The van der Waals surface area contributed by atoms with Crippen LogP contribution in [0.4, 0.5) is 0 Å². The third kappa shape index (κ3) is 1.76. The van der Waals surface area contributed by atoms with E-state index in [4.69, 9.17) is 0 Å². The summed E-state index contributed by atoms with van der Waals surface area (Å²) in [4.78, 5) is 0. The summed E-state index contributed by atoms with van der Waals surface area (Å²) >= 11 is 0. The molecule has 0 radical (unpaired) electrons. The molecule has 0 amide bonds. The number of hydrogen-bond donors (Lipinski definition) is 0. The number of aromatic nitrogens is 2. The molecular weight excluding hydrogens is 184 g/mol. The van der Waals surface area contributed by atoms with E-state index in [0.29, 0.717) is 11.8 Å². The predicted octanol–water partition coefficient (Wildman–Crippen LogP) is 3.58. The largest absolute Gasteiger partial charge is 0.237 e. The van der Waals surface area contributed by atoms with Crippen LogP contribution in [0.25, 0.3) is 5.52 Å². The summed E-state index contributed by atoms with van der Waals surface area (Å²) in [7, 11) is 0. The molecule has 2 aromatic rings. The topological polar surface area (TPSA) is 17.3 Å². The molecule has 2 heteroatoms. The Bertz CT molecular complexity index is 466. The van der Waals surface area contributed by atoms with Crippen molar-refractivity contribution in [2.75, 3.05) is 0 Å². The second kappa shape index (κ2) is 3.69. The summed E-state index contributed by atoms with van der Waals surface area (Å²) in [5, 5.41) is 4.65. The Morgan fingerprint density at radius 1 is 1.07 bits per heavy atom. The molecule has 0 unspecified atom stereocenters. The van der Waals surface area contributed by atoms with Gasteiger partial charge in [0.25, 0.3) is 0 Å². The van der Waals surface area contributed by atoms with Gasteiger partial charge in [-0.15, -0.1) is 0 Å². The minimum absolute atomic E-state index is 0.491. The first-order valence-corrected chi connectivity index (χ1v) is 5.58. The zero-order chi connectivity index (χ0) is 11.0. The molecule has 0 saturated carbocycles. The minimum atomic E-state index is 0.491. The standard InChI is InChI=1S/C13H18N2/c1-9(2)12-8-11-6-5-7-13(10(3)4)15(11)14-12/h5-10H,1-4H3. The van der Waals surface area contributed by atoms with E-state index >= 15 is 0 Å². The van der Waals surface area contributed by atoms with Crippen LogP contribution in [0.2, 0.25) is 0 Å². The van der Waals surface area contributed by atoms with Crippen LogP contribution in [-0.2, 0) is 0 Å². The highest BCUT2D eigenvalue weighted by Gasteiger charge is 2.09. The molecular formula is C13H18N2. The summed E-state index contributed by atoms with van der Waals surface area (Å²) in [6.45, 7) is 8.75. The SMILES string of the molecule is CC(C)c1cc2cccc(C(C)C)n2n1. The van der Waals surface area contributed by atoms with E-state index in [2.05, 4.69) is 61.6 Å². The van der Waals surface area contributed by atoms with Crippen LogP contribution in [0.1, 0.15) is 50.9 Å². The van der Waals surface area contributed by atoms with Crippen molar-refractivity contribution >= 4 is 5.52 Å². The summed E-state index contributed by atoms with van der Waals surface area (Å²) in [6, 6.07) is 8.55. The van der Waals surface area contributed by atoms with Gasteiger partial charge in [-0.05, 0) is 30.0 Å². The fourth-order valence-electron chi connectivity index (χ4n) is 1.78. The normalized spacial score (nSPS) is 11.9. The maximum Gasteiger partial charge on any atom is 0.0667 e. The van der Waals surface area contributed by atoms with Gasteiger partial charge in [-0.1, -0.05) is 33.8 Å². The molecule has 0 saturated heterocycles. The second-order valence-electron chi connectivity index (χ2n) is 4.67. The van der Waals surface area contributed by atoms with E-state index in [1.54, 1.807) is 0 Å². The Kier molecular flexibility index (Phi) is 2.51. The average molecular weight is 202 g/mol. The van der Waals surface area contributed by atoms with Crippen molar-refractivity contribution in [3.05, 3.63) is 35.7 Å². The lowest BCUT2D eigenvalue weighted by molar-refractivity contribution is 0.726. The highest BCUT2D eigenvalue weighted by molar-refractivity contribution is 5.49. The third-order valence-corrected chi connectivity index (χ3v) is 2.72. The van der Waals surface area contributed by atoms with E-state index in [1.165, 1.54) is 16.9 Å². The predicted molar refractivity (Wildman–Crippen MR) is 63.4 cm³/mol. The molecule has 0 aliphatic carbocycles. The highest BCUT2D eigenvalue weighted by atomic mass is 15.2. The van der Waals surface area contributed by atoms with Crippen molar-refractivity contribution in [3.63, 3.8) is 0 Å². The van der Waals surface area contributed by atoms with E-state index in [9.17, 15) is 0 Å². The molecule has 0 spiro atoms. The lowest BCUT2D eigenvalue weighted by atomic mass is 10.1. The van der Waals surface area contributed by atoms with Gasteiger partial charge < -0.3 is 0 Å². The fraction of sp³-hybridized carbons (Fsp3) is 0.462. The van der Waals surface area contributed by atoms with Gasteiger partial charge in [0.2, 0.25) is 0 Å². The number of pyridine rings is 1. The number of fused-ring (bicyclic) bond motifs is 1. The first kappa shape index (κ1) is 10.2. The van der Waals surface area contributed by atoms with Crippen LogP contribution in [0, 0.1) is 0 Å². The van der Waals surface area contributed by atoms with Crippen molar-refractivity contribution in [2.24, 2.45) is 0 Å². The van der Waals surface area contributed by atoms with Gasteiger partial charge in [0.05, 0.1) is 11.2 Å². The van der Waals surface area contributed by atoms with Gasteiger partial charge in [-0.2, -0.15) is 5.10 Å². The van der Waals surface area contributed by atoms with Crippen LogP contribution in [0.3, 0.4) is 0 Å². The first-order chi connectivity index (χ1) is 7.09. The number of rotatable bonds is 2. The van der Waals surface area contributed by atoms with Crippen LogP contribution >= 0.6 is 0 Å². The van der Waals surface area contributed by atoms with Crippen molar-refractivity contribution < 1.29 is 0 Å². The summed E-state index contributed by atoms with van der Waals surface area (Å²) in [5.41, 5.74) is 3.65. The van der Waals surface area contributed by atoms with Gasteiger partial charge in [-0.25, -0.2) is 4.52 Å². The molecule has 2 aromatic heterocycles. The Hall–Kier alpha value is -1.31.